The molecule has 5 aromatic rings. The monoisotopic (exact) mass is 758 g/mol. The summed E-state index contributed by atoms with van der Waals surface area (Å²) in [4.78, 5) is 61.9. The van der Waals surface area contributed by atoms with Crippen molar-refractivity contribution in [1.82, 2.24) is 24.8 Å². The number of unbranched alkanes of at least 4 members (excludes halogenated alkanes) is 4. The lowest BCUT2D eigenvalue weighted by atomic mass is 10.0. The third-order valence-corrected chi connectivity index (χ3v) is 11.0. The second-order valence-electron chi connectivity index (χ2n) is 14.7. The predicted octanol–water partition coefficient (Wildman–Crippen LogP) is 5.83. The van der Waals surface area contributed by atoms with E-state index in [1.165, 1.54) is 21.8 Å². The molecule has 1 unspecified atom stereocenters. The minimum absolute atomic E-state index is 0.0846. The smallest absolute Gasteiger partial charge is 0.262 e. The number of hydrogen-bond donors (Lipinski definition) is 1. The van der Waals surface area contributed by atoms with Gasteiger partial charge in [-0.25, -0.2) is 4.98 Å². The summed E-state index contributed by atoms with van der Waals surface area (Å²) in [6, 6.07) is 16.7. The van der Waals surface area contributed by atoms with Crippen LogP contribution in [0.25, 0.3) is 32.9 Å². The standard InChI is InChI=1S/C43H46N6O7/c1-47-36-16-17-44-25-35(36)32-11-8-28(22-38(32)47)29-9-14-39(45-24-29)48-26-31(27-48)56-21-7-3-5-19-54-18-4-2-6-20-55-30-10-12-33-34(23-30)43(53)49(42(33)52)37-13-15-40(50)46-41(37)51/h8-12,14,16-17,22-25,31,37H,2-7,13,15,18-21,26-27H2,1H3,(H,46,50,51). The average molecular weight is 759 g/mol. The fraction of sp³-hybridized carbons (Fsp3) is 0.395. The van der Waals surface area contributed by atoms with Gasteiger partial charge in [-0.15, -0.1) is 0 Å². The Hall–Kier alpha value is -5.66. The van der Waals surface area contributed by atoms with Crippen molar-refractivity contribution >= 4 is 51.3 Å². The van der Waals surface area contributed by atoms with Crippen LogP contribution >= 0.6 is 0 Å². The second-order valence-corrected chi connectivity index (χ2v) is 14.7. The Morgan fingerprint density at radius 2 is 1.52 bits per heavy atom. The molecule has 1 N–H and O–H groups in total. The highest BCUT2D eigenvalue weighted by atomic mass is 16.5. The summed E-state index contributed by atoms with van der Waals surface area (Å²) in [7, 11) is 2.10. The Labute approximate surface area is 324 Å². The van der Waals surface area contributed by atoms with Crippen LogP contribution in [0.3, 0.4) is 0 Å². The van der Waals surface area contributed by atoms with Crippen molar-refractivity contribution in [3.63, 3.8) is 0 Å². The topological polar surface area (TPSA) is 145 Å². The molecular weight excluding hydrogens is 713 g/mol. The molecule has 13 nitrogen and oxygen atoms in total. The molecule has 8 rings (SSSR count). The summed E-state index contributed by atoms with van der Waals surface area (Å²) in [6.45, 7) is 4.38. The zero-order chi connectivity index (χ0) is 38.6. The van der Waals surface area contributed by atoms with Crippen molar-refractivity contribution in [2.24, 2.45) is 7.05 Å². The molecule has 290 valence electrons. The summed E-state index contributed by atoms with van der Waals surface area (Å²) >= 11 is 0. The summed E-state index contributed by atoms with van der Waals surface area (Å²) in [5.74, 6) is -0.614. The average Bonchev–Trinajstić information content (AvgIpc) is 3.62. The SMILES string of the molecule is Cn1c2ccncc2c2ccc(-c3ccc(N4CC(OCCCCCOCCCCCOc5ccc6c(c5)C(=O)N(C5CCC(=O)NC5=O)C6=O)C4)nc3)cc21. The molecule has 4 amide bonds. The molecule has 2 saturated heterocycles. The maximum atomic E-state index is 13.0. The van der Waals surface area contributed by atoms with Gasteiger partial charge in [-0.3, -0.25) is 34.4 Å². The highest BCUT2D eigenvalue weighted by Crippen LogP contribution is 2.33. The van der Waals surface area contributed by atoms with E-state index in [-0.39, 0.29) is 30.1 Å². The van der Waals surface area contributed by atoms with Gasteiger partial charge < -0.3 is 23.7 Å². The third kappa shape index (κ3) is 7.74. The molecule has 0 saturated carbocycles. The fourth-order valence-corrected chi connectivity index (χ4v) is 7.76. The normalized spacial score (nSPS) is 17.2. The van der Waals surface area contributed by atoms with Crippen LogP contribution in [0.15, 0.2) is 73.2 Å². The van der Waals surface area contributed by atoms with Crippen LogP contribution in [0.5, 0.6) is 5.75 Å². The van der Waals surface area contributed by atoms with Crippen molar-refractivity contribution in [2.45, 2.75) is 63.5 Å². The van der Waals surface area contributed by atoms with Gasteiger partial charge in [0.2, 0.25) is 11.8 Å². The molecule has 2 fully saturated rings. The van der Waals surface area contributed by atoms with Crippen molar-refractivity contribution in [2.75, 3.05) is 44.4 Å². The minimum atomic E-state index is -0.983. The van der Waals surface area contributed by atoms with E-state index >= 15 is 0 Å². The third-order valence-electron chi connectivity index (χ3n) is 11.0. The first kappa shape index (κ1) is 37.3. The van der Waals surface area contributed by atoms with Crippen LogP contribution in [-0.4, -0.2) is 94.7 Å². The van der Waals surface area contributed by atoms with E-state index in [1.54, 1.807) is 18.2 Å². The number of fused-ring (bicyclic) bond motifs is 4. The van der Waals surface area contributed by atoms with E-state index in [9.17, 15) is 19.2 Å². The molecule has 13 heteroatoms. The molecule has 3 aliphatic heterocycles. The summed E-state index contributed by atoms with van der Waals surface area (Å²) in [5, 5.41) is 4.58. The number of carbonyl (C=O) groups excluding carboxylic acids is 4. The molecular formula is C43H46N6O7. The lowest BCUT2D eigenvalue weighted by Gasteiger charge is -2.39. The largest absolute Gasteiger partial charge is 0.494 e. The second kappa shape index (κ2) is 16.6. The first-order valence-electron chi connectivity index (χ1n) is 19.6. The number of rotatable bonds is 17. The fourth-order valence-electron chi connectivity index (χ4n) is 7.76. The Morgan fingerprint density at radius 3 is 2.30 bits per heavy atom. The molecule has 0 bridgehead atoms. The first-order valence-corrected chi connectivity index (χ1v) is 19.6. The highest BCUT2D eigenvalue weighted by Gasteiger charge is 2.44. The van der Waals surface area contributed by atoms with Gasteiger partial charge in [0.25, 0.3) is 11.8 Å². The van der Waals surface area contributed by atoms with Gasteiger partial charge in [-0.05, 0) is 93.0 Å². The van der Waals surface area contributed by atoms with Crippen LogP contribution in [0.4, 0.5) is 5.82 Å². The Morgan fingerprint density at radius 1 is 0.750 bits per heavy atom. The number of pyridine rings is 2. The van der Waals surface area contributed by atoms with Gasteiger partial charge >= 0.3 is 0 Å². The molecule has 3 aliphatic rings. The summed E-state index contributed by atoms with van der Waals surface area (Å²) in [6.07, 6.45) is 12.0. The van der Waals surface area contributed by atoms with Crippen LogP contribution in [0, 0.1) is 0 Å². The number of aromatic nitrogens is 3. The molecule has 3 aromatic heterocycles. The first-order chi connectivity index (χ1) is 27.4. The number of hydrogen-bond acceptors (Lipinski definition) is 10. The molecule has 0 spiro atoms. The number of carbonyl (C=O) groups is 4. The lowest BCUT2D eigenvalue weighted by molar-refractivity contribution is -0.136. The summed E-state index contributed by atoms with van der Waals surface area (Å²) < 4.78 is 20.0. The predicted molar refractivity (Wildman–Crippen MR) is 211 cm³/mol. The van der Waals surface area contributed by atoms with E-state index in [0.29, 0.717) is 19.0 Å². The Kier molecular flexibility index (Phi) is 11.0. The van der Waals surface area contributed by atoms with Gasteiger partial charge in [0.05, 0.1) is 29.4 Å². The van der Waals surface area contributed by atoms with Crippen molar-refractivity contribution < 1.29 is 33.4 Å². The molecule has 2 aromatic carbocycles. The molecule has 56 heavy (non-hydrogen) atoms. The number of nitrogens with zero attached hydrogens (tertiary/aromatic N) is 5. The van der Waals surface area contributed by atoms with Gasteiger partial charge in [-0.1, -0.05) is 12.1 Å². The van der Waals surface area contributed by atoms with E-state index in [4.69, 9.17) is 19.2 Å². The number of amides is 4. The number of anilines is 1. The molecule has 1 atom stereocenters. The van der Waals surface area contributed by atoms with Gasteiger partial charge in [0.1, 0.15) is 17.6 Å². The summed E-state index contributed by atoms with van der Waals surface area (Å²) in [5.41, 5.74) is 5.05. The molecule has 6 heterocycles. The zero-order valence-electron chi connectivity index (χ0n) is 31.6. The van der Waals surface area contributed by atoms with Crippen molar-refractivity contribution in [3.05, 3.63) is 84.3 Å². The number of aryl methyl sites for hydroxylation is 1. The number of ether oxygens (including phenoxy) is 3. The van der Waals surface area contributed by atoms with E-state index in [0.717, 1.165) is 86.7 Å². The minimum Gasteiger partial charge on any atom is -0.494 e. The highest BCUT2D eigenvalue weighted by molar-refractivity contribution is 6.23. The van der Waals surface area contributed by atoms with Crippen molar-refractivity contribution in [3.8, 4) is 16.9 Å². The van der Waals surface area contributed by atoms with Crippen LogP contribution in [0.2, 0.25) is 0 Å². The Bertz CT molecular complexity index is 2260. The number of piperidine rings is 1. The number of nitrogens with one attached hydrogen (secondary N) is 1. The quantitative estimate of drug-likeness (QED) is 0.0909. The maximum Gasteiger partial charge on any atom is 0.262 e. The zero-order valence-corrected chi connectivity index (χ0v) is 31.6. The Balaban J connectivity index is 0.651. The van der Waals surface area contributed by atoms with Crippen LogP contribution in [-0.2, 0) is 26.1 Å². The number of benzene rings is 2. The van der Waals surface area contributed by atoms with Crippen LogP contribution < -0.4 is 15.0 Å². The number of imide groups is 2. The van der Waals surface area contributed by atoms with Crippen molar-refractivity contribution in [1.29, 1.82) is 0 Å². The van der Waals surface area contributed by atoms with E-state index in [2.05, 4.69) is 63.2 Å². The van der Waals surface area contributed by atoms with E-state index in [1.807, 2.05) is 18.6 Å². The van der Waals surface area contributed by atoms with Gasteiger partial charge in [-0.2, -0.15) is 0 Å². The van der Waals surface area contributed by atoms with Gasteiger partial charge in [0, 0.05) is 86.8 Å². The van der Waals surface area contributed by atoms with E-state index < -0.39 is 29.7 Å². The molecule has 0 radical (unpaired) electrons. The molecule has 0 aliphatic carbocycles. The van der Waals surface area contributed by atoms with Gasteiger partial charge in [0.15, 0.2) is 0 Å². The van der Waals surface area contributed by atoms with Crippen LogP contribution in [0.1, 0.15) is 72.1 Å². The lowest BCUT2D eigenvalue weighted by Crippen LogP contribution is -2.54. The maximum absolute atomic E-state index is 13.0.